The quantitative estimate of drug-likeness (QED) is 0.907. The molecule has 0 amide bonds. The van der Waals surface area contributed by atoms with Gasteiger partial charge in [0.2, 0.25) is 5.78 Å². The molecule has 0 fully saturated rings. The topological polar surface area (TPSA) is 59.4 Å². The molecule has 2 aromatic rings. The highest BCUT2D eigenvalue weighted by atomic mass is 19.3. The molecule has 136 valence electrons. The summed E-state index contributed by atoms with van der Waals surface area (Å²) in [6.45, 7) is 1.41. The number of pyridine rings is 1. The van der Waals surface area contributed by atoms with Gasteiger partial charge in [-0.15, -0.1) is 0 Å². The molecule has 1 aliphatic rings. The van der Waals surface area contributed by atoms with Gasteiger partial charge in [0, 0.05) is 18.2 Å². The van der Waals surface area contributed by atoms with Gasteiger partial charge in [0.25, 0.3) is 0 Å². The third kappa shape index (κ3) is 3.24. The number of allylic oxidation sites excluding steroid dienone is 2. The van der Waals surface area contributed by atoms with Gasteiger partial charge in [0.15, 0.2) is 0 Å². The number of ketones is 1. The number of methoxy groups -OCH3 is 1. The lowest BCUT2D eigenvalue weighted by molar-refractivity contribution is -0.139. The molecule has 0 spiro atoms. The molecule has 3 rings (SSSR count). The predicted molar refractivity (Wildman–Crippen MR) is 92.3 cm³/mol. The van der Waals surface area contributed by atoms with Gasteiger partial charge in [-0.25, -0.2) is 0 Å². The van der Waals surface area contributed by atoms with Crippen molar-refractivity contribution >= 4 is 5.78 Å². The first-order chi connectivity index (χ1) is 12.3. The van der Waals surface area contributed by atoms with Gasteiger partial charge in [-0.2, -0.15) is 8.78 Å². The van der Waals surface area contributed by atoms with E-state index in [1.807, 2.05) is 0 Å². The maximum atomic E-state index is 14.8. The second-order valence-electron chi connectivity index (χ2n) is 6.30. The summed E-state index contributed by atoms with van der Waals surface area (Å²) in [4.78, 5) is 16.5. The maximum absolute atomic E-state index is 14.8. The number of alkyl halides is 2. The number of hydrogen-bond donors (Lipinski definition) is 1. The molecule has 26 heavy (non-hydrogen) atoms. The Bertz CT molecular complexity index is 875. The summed E-state index contributed by atoms with van der Waals surface area (Å²) in [5.74, 6) is -4.43. The summed E-state index contributed by atoms with van der Waals surface area (Å²) in [6.07, 6.45) is 1.90. The summed E-state index contributed by atoms with van der Waals surface area (Å²) in [5, 5.41) is 9.87. The molecule has 1 aromatic heterocycles. The van der Waals surface area contributed by atoms with Crippen LogP contribution in [0.3, 0.4) is 0 Å². The molecular weight excluding hydrogens is 340 g/mol. The number of rotatable bonds is 4. The Morgan fingerprint density at radius 3 is 2.77 bits per heavy atom. The number of carbonyl (C=O) groups excluding carboxylic acids is 1. The number of carbonyl (C=O) groups is 1. The van der Waals surface area contributed by atoms with E-state index in [4.69, 9.17) is 4.74 Å². The van der Waals surface area contributed by atoms with Gasteiger partial charge in [0.1, 0.15) is 5.75 Å². The van der Waals surface area contributed by atoms with E-state index in [9.17, 15) is 18.7 Å². The molecule has 0 saturated carbocycles. The number of benzene rings is 1. The maximum Gasteiger partial charge on any atom is 0.334 e. The molecule has 6 heteroatoms. The zero-order chi connectivity index (χ0) is 18.9. The minimum absolute atomic E-state index is 0.0749. The van der Waals surface area contributed by atoms with Gasteiger partial charge in [-0.3, -0.25) is 9.78 Å². The van der Waals surface area contributed by atoms with Crippen LogP contribution in [0.25, 0.3) is 0 Å². The van der Waals surface area contributed by atoms with Crippen LogP contribution in [0.1, 0.15) is 35.4 Å². The predicted octanol–water partition coefficient (Wildman–Crippen LogP) is 3.53. The number of nitrogens with zero attached hydrogens (tertiary/aromatic N) is 1. The molecule has 1 atom stereocenters. The van der Waals surface area contributed by atoms with E-state index in [-0.39, 0.29) is 24.0 Å². The Morgan fingerprint density at radius 2 is 2.08 bits per heavy atom. The number of aliphatic hydroxyl groups is 1. The molecule has 0 bridgehead atoms. The second kappa shape index (κ2) is 6.96. The van der Waals surface area contributed by atoms with E-state index < -0.39 is 17.8 Å². The largest absolute Gasteiger partial charge is 0.495 e. The number of ether oxygens (including phenoxy) is 1. The number of aromatic nitrogens is 1. The molecule has 0 unspecified atom stereocenters. The lowest BCUT2D eigenvalue weighted by Gasteiger charge is -2.21. The van der Waals surface area contributed by atoms with Crippen molar-refractivity contribution in [2.75, 3.05) is 7.11 Å². The van der Waals surface area contributed by atoms with Crippen molar-refractivity contribution in [1.82, 2.24) is 4.98 Å². The van der Waals surface area contributed by atoms with Crippen LogP contribution < -0.4 is 4.74 Å². The van der Waals surface area contributed by atoms with Gasteiger partial charge >= 0.3 is 5.92 Å². The summed E-state index contributed by atoms with van der Waals surface area (Å²) in [6, 6.07) is 8.06. The van der Waals surface area contributed by atoms with E-state index >= 15 is 0 Å². The molecule has 1 heterocycles. The van der Waals surface area contributed by atoms with Crippen molar-refractivity contribution in [3.63, 3.8) is 0 Å². The smallest absolute Gasteiger partial charge is 0.334 e. The first-order valence-corrected chi connectivity index (χ1v) is 8.24. The van der Waals surface area contributed by atoms with Gasteiger partial charge < -0.3 is 9.84 Å². The monoisotopic (exact) mass is 359 g/mol. The summed E-state index contributed by atoms with van der Waals surface area (Å²) in [7, 11) is 1.51. The fourth-order valence-electron chi connectivity index (χ4n) is 3.26. The summed E-state index contributed by atoms with van der Waals surface area (Å²) < 4.78 is 34.8. The van der Waals surface area contributed by atoms with Crippen molar-refractivity contribution in [2.45, 2.75) is 31.8 Å². The Balaban J connectivity index is 2.06. The highest BCUT2D eigenvalue weighted by molar-refractivity contribution is 5.98. The minimum Gasteiger partial charge on any atom is -0.495 e. The molecule has 1 N–H and O–H groups in total. The van der Waals surface area contributed by atoms with E-state index in [0.29, 0.717) is 22.6 Å². The fraction of sp³-hybridized carbons (Fsp3) is 0.300. The molecule has 0 aliphatic heterocycles. The summed E-state index contributed by atoms with van der Waals surface area (Å²) in [5.41, 5.74) is 1.12. The van der Waals surface area contributed by atoms with Crippen molar-refractivity contribution in [3.05, 3.63) is 70.6 Å². The zero-order valence-corrected chi connectivity index (χ0v) is 14.5. The molecular formula is C20H19F2NO3. The number of hydrogen-bond acceptors (Lipinski definition) is 4. The highest BCUT2D eigenvalue weighted by Gasteiger charge is 2.45. The van der Waals surface area contributed by atoms with Crippen LogP contribution in [-0.2, 0) is 23.6 Å². The minimum atomic E-state index is -3.68. The summed E-state index contributed by atoms with van der Waals surface area (Å²) >= 11 is 0. The standard InChI is InChI=1S/C20H19F2NO3/c1-12(24)15-6-3-5-14-9-13(11-18(25)20(21,22)19(14)15)10-16-17(26-2)7-4-8-23-16/h3-8,11-12,24H,9-10H2,1-2H3/t12-/m0/s1. The van der Waals surface area contributed by atoms with E-state index in [1.165, 1.54) is 20.1 Å². The van der Waals surface area contributed by atoms with Crippen LogP contribution >= 0.6 is 0 Å². The number of halogens is 2. The Kier molecular flexibility index (Phi) is 4.87. The lowest BCUT2D eigenvalue weighted by Crippen LogP contribution is -2.26. The second-order valence-corrected chi connectivity index (χ2v) is 6.30. The molecule has 1 aliphatic carbocycles. The molecule has 4 nitrogen and oxygen atoms in total. The first-order valence-electron chi connectivity index (χ1n) is 8.24. The van der Waals surface area contributed by atoms with Crippen LogP contribution in [0.2, 0.25) is 0 Å². The number of aliphatic hydroxyl groups excluding tert-OH is 1. The Morgan fingerprint density at radius 1 is 1.31 bits per heavy atom. The first kappa shape index (κ1) is 18.2. The SMILES string of the molecule is COc1cccnc1CC1=CC(=O)C(F)(F)c2c(cccc2[C@H](C)O)C1. The molecule has 1 aromatic carbocycles. The van der Waals surface area contributed by atoms with Crippen molar-refractivity contribution in [1.29, 1.82) is 0 Å². The molecule has 0 saturated heterocycles. The van der Waals surface area contributed by atoms with Gasteiger partial charge in [-0.1, -0.05) is 23.8 Å². The fourth-order valence-corrected chi connectivity index (χ4v) is 3.26. The molecule has 0 radical (unpaired) electrons. The Hall–Kier alpha value is -2.60. The van der Waals surface area contributed by atoms with Crippen molar-refractivity contribution in [2.24, 2.45) is 0 Å². The average Bonchev–Trinajstić information content (AvgIpc) is 2.70. The highest BCUT2D eigenvalue weighted by Crippen LogP contribution is 2.40. The van der Waals surface area contributed by atoms with Crippen molar-refractivity contribution < 1.29 is 23.4 Å². The van der Waals surface area contributed by atoms with Crippen LogP contribution in [0.5, 0.6) is 5.75 Å². The van der Waals surface area contributed by atoms with Crippen LogP contribution in [0, 0.1) is 0 Å². The zero-order valence-electron chi connectivity index (χ0n) is 14.5. The van der Waals surface area contributed by atoms with Gasteiger partial charge in [-0.05, 0) is 42.7 Å². The lowest BCUT2D eigenvalue weighted by atomic mass is 9.90. The van der Waals surface area contributed by atoms with Crippen molar-refractivity contribution in [3.8, 4) is 5.75 Å². The Labute approximate surface area is 150 Å². The van der Waals surface area contributed by atoms with Gasteiger partial charge in [0.05, 0.1) is 18.9 Å². The van der Waals surface area contributed by atoms with E-state index in [1.54, 1.807) is 30.5 Å². The van der Waals surface area contributed by atoms with Crippen LogP contribution in [0.4, 0.5) is 8.78 Å². The van der Waals surface area contributed by atoms with Crippen LogP contribution in [-0.4, -0.2) is 23.0 Å². The third-order valence-electron chi connectivity index (χ3n) is 4.47. The third-order valence-corrected chi connectivity index (χ3v) is 4.47. The normalized spacial score (nSPS) is 17.1. The van der Waals surface area contributed by atoms with Crippen LogP contribution in [0.15, 0.2) is 48.2 Å². The average molecular weight is 359 g/mol. The van der Waals surface area contributed by atoms with E-state index in [2.05, 4.69) is 4.98 Å². The van der Waals surface area contributed by atoms with E-state index in [0.717, 1.165) is 6.08 Å². The number of fused-ring (bicyclic) bond motifs is 1.